The van der Waals surface area contributed by atoms with Crippen LogP contribution in [0.2, 0.25) is 0 Å². The molecule has 1 aromatic carbocycles. The number of carboxylic acid groups (broad SMARTS) is 1. The van der Waals surface area contributed by atoms with E-state index in [0.717, 1.165) is 18.4 Å². The summed E-state index contributed by atoms with van der Waals surface area (Å²) in [5.74, 6) is 0.853. The fourth-order valence-corrected chi connectivity index (χ4v) is 3.92. The third kappa shape index (κ3) is 5.58. The molecule has 2 aromatic rings. The fraction of sp³-hybridized carbons (Fsp3) is 0.545. The monoisotopic (exact) mass is 415 g/mol. The van der Waals surface area contributed by atoms with Gasteiger partial charge in [-0.15, -0.1) is 0 Å². The van der Waals surface area contributed by atoms with Crippen LogP contribution in [0.25, 0.3) is 0 Å². The molecule has 8 nitrogen and oxygen atoms in total. The first-order valence-corrected chi connectivity index (χ1v) is 10.4. The Balaban J connectivity index is 1.71. The van der Waals surface area contributed by atoms with Gasteiger partial charge in [-0.3, -0.25) is 4.79 Å². The topological polar surface area (TPSA) is 115 Å². The minimum Gasteiger partial charge on any atom is -0.481 e. The maximum Gasteiger partial charge on any atom is 0.408 e. The lowest BCUT2D eigenvalue weighted by Crippen LogP contribution is -2.49. The summed E-state index contributed by atoms with van der Waals surface area (Å²) in [4.78, 5) is 27.8. The van der Waals surface area contributed by atoms with E-state index < -0.39 is 17.6 Å². The number of ether oxygens (including phenoxy) is 1. The number of carbonyl (C=O) groups excluding carboxylic acids is 1. The van der Waals surface area contributed by atoms with Crippen LogP contribution in [-0.2, 0) is 28.1 Å². The van der Waals surface area contributed by atoms with Crippen molar-refractivity contribution < 1.29 is 24.0 Å². The highest BCUT2D eigenvalue weighted by molar-refractivity contribution is 5.68. The zero-order valence-electron chi connectivity index (χ0n) is 17.5. The van der Waals surface area contributed by atoms with Crippen molar-refractivity contribution in [2.24, 2.45) is 11.8 Å². The Morgan fingerprint density at radius 2 is 1.97 bits per heavy atom. The van der Waals surface area contributed by atoms with Gasteiger partial charge in [0.1, 0.15) is 12.1 Å². The molecule has 1 amide bonds. The third-order valence-corrected chi connectivity index (χ3v) is 5.83. The molecule has 0 aliphatic heterocycles. The van der Waals surface area contributed by atoms with E-state index in [-0.39, 0.29) is 25.3 Å². The number of carbonyl (C=O) groups is 2. The Labute approximate surface area is 176 Å². The van der Waals surface area contributed by atoms with Gasteiger partial charge in [0.25, 0.3) is 0 Å². The SMILES string of the molecule is CC(C)C1CCC(NC(=O)OCc2ccccc2)(c2noc(CCC(=O)O)n2)CC1. The summed E-state index contributed by atoms with van der Waals surface area (Å²) >= 11 is 0. The number of nitrogens with one attached hydrogen (secondary N) is 1. The van der Waals surface area contributed by atoms with Gasteiger partial charge >= 0.3 is 12.1 Å². The van der Waals surface area contributed by atoms with E-state index in [1.54, 1.807) is 0 Å². The minimum absolute atomic E-state index is 0.0867. The number of benzene rings is 1. The Hall–Kier alpha value is -2.90. The molecule has 3 rings (SSSR count). The van der Waals surface area contributed by atoms with Crippen LogP contribution >= 0.6 is 0 Å². The van der Waals surface area contributed by atoms with Crippen molar-refractivity contribution in [3.8, 4) is 0 Å². The number of hydrogen-bond donors (Lipinski definition) is 2. The number of hydrogen-bond acceptors (Lipinski definition) is 6. The molecular formula is C22H29N3O5. The van der Waals surface area contributed by atoms with Crippen LogP contribution in [0, 0.1) is 11.8 Å². The molecule has 0 saturated heterocycles. The van der Waals surface area contributed by atoms with E-state index in [9.17, 15) is 9.59 Å². The molecule has 30 heavy (non-hydrogen) atoms. The third-order valence-electron chi connectivity index (χ3n) is 5.83. The summed E-state index contributed by atoms with van der Waals surface area (Å²) in [7, 11) is 0. The first-order chi connectivity index (χ1) is 14.4. The molecule has 1 fully saturated rings. The zero-order valence-corrected chi connectivity index (χ0v) is 17.5. The molecule has 1 saturated carbocycles. The number of aryl methyl sites for hydroxylation is 1. The summed E-state index contributed by atoms with van der Waals surface area (Å²) in [6.45, 7) is 4.59. The van der Waals surface area contributed by atoms with E-state index >= 15 is 0 Å². The number of alkyl carbamates (subject to hydrolysis) is 1. The largest absolute Gasteiger partial charge is 0.481 e. The van der Waals surface area contributed by atoms with E-state index in [2.05, 4.69) is 29.3 Å². The van der Waals surface area contributed by atoms with Gasteiger partial charge in [-0.25, -0.2) is 4.79 Å². The second kappa shape index (κ2) is 9.73. The Morgan fingerprint density at radius 3 is 2.60 bits per heavy atom. The van der Waals surface area contributed by atoms with E-state index in [4.69, 9.17) is 14.4 Å². The number of rotatable bonds is 8. The van der Waals surface area contributed by atoms with Crippen LogP contribution in [0.4, 0.5) is 4.79 Å². The van der Waals surface area contributed by atoms with Crippen molar-refractivity contribution in [1.82, 2.24) is 15.5 Å². The molecule has 0 atom stereocenters. The molecule has 1 aliphatic carbocycles. The van der Waals surface area contributed by atoms with Crippen LogP contribution in [0.5, 0.6) is 0 Å². The van der Waals surface area contributed by atoms with Gasteiger partial charge in [-0.1, -0.05) is 49.3 Å². The smallest absolute Gasteiger partial charge is 0.408 e. The summed E-state index contributed by atoms with van der Waals surface area (Å²) < 4.78 is 10.7. The van der Waals surface area contributed by atoms with Crippen molar-refractivity contribution >= 4 is 12.1 Å². The van der Waals surface area contributed by atoms with Crippen LogP contribution in [-0.4, -0.2) is 27.3 Å². The maximum atomic E-state index is 12.6. The number of carboxylic acids is 1. The molecule has 2 N–H and O–H groups in total. The van der Waals surface area contributed by atoms with Crippen molar-refractivity contribution in [1.29, 1.82) is 0 Å². The zero-order chi connectivity index (χ0) is 21.6. The first kappa shape index (κ1) is 21.8. The highest BCUT2D eigenvalue weighted by Crippen LogP contribution is 2.41. The van der Waals surface area contributed by atoms with Gasteiger partial charge in [-0.2, -0.15) is 4.98 Å². The van der Waals surface area contributed by atoms with Gasteiger partial charge in [0.2, 0.25) is 5.89 Å². The van der Waals surface area contributed by atoms with Gasteiger partial charge in [0, 0.05) is 6.42 Å². The molecule has 1 heterocycles. The highest BCUT2D eigenvalue weighted by atomic mass is 16.5. The van der Waals surface area contributed by atoms with Gasteiger partial charge in [0.15, 0.2) is 5.82 Å². The second-order valence-electron chi connectivity index (χ2n) is 8.26. The molecule has 1 aromatic heterocycles. The molecule has 0 unspecified atom stereocenters. The molecule has 8 heteroatoms. The molecule has 0 spiro atoms. The quantitative estimate of drug-likeness (QED) is 0.668. The van der Waals surface area contributed by atoms with Gasteiger partial charge < -0.3 is 19.7 Å². The van der Waals surface area contributed by atoms with E-state index in [0.29, 0.717) is 30.5 Å². The predicted octanol–water partition coefficient (Wildman–Crippen LogP) is 4.05. The summed E-state index contributed by atoms with van der Waals surface area (Å²) in [6, 6.07) is 9.48. The standard InChI is InChI=1S/C22H29N3O5/c1-15(2)17-10-12-22(13-11-17,20-23-18(30-25-20)8-9-19(26)27)24-21(28)29-14-16-6-4-3-5-7-16/h3-7,15,17H,8-14H2,1-2H3,(H,24,28)(H,26,27). The Bertz CT molecular complexity index is 841. The fourth-order valence-electron chi connectivity index (χ4n) is 3.92. The van der Waals surface area contributed by atoms with Crippen LogP contribution in [0.1, 0.15) is 63.2 Å². The lowest BCUT2D eigenvalue weighted by molar-refractivity contribution is -0.137. The number of nitrogens with zero attached hydrogens (tertiary/aromatic N) is 2. The second-order valence-corrected chi connectivity index (χ2v) is 8.26. The van der Waals surface area contributed by atoms with Crippen LogP contribution in [0.3, 0.4) is 0 Å². The minimum atomic E-state index is -0.926. The maximum absolute atomic E-state index is 12.6. The van der Waals surface area contributed by atoms with E-state index in [1.807, 2.05) is 30.3 Å². The number of aliphatic carboxylic acids is 1. The number of aromatic nitrogens is 2. The molecular weight excluding hydrogens is 386 g/mol. The molecule has 0 bridgehead atoms. The lowest BCUT2D eigenvalue weighted by Gasteiger charge is -2.39. The van der Waals surface area contributed by atoms with Crippen LogP contribution < -0.4 is 5.32 Å². The first-order valence-electron chi connectivity index (χ1n) is 10.4. The molecule has 1 aliphatic rings. The Morgan fingerprint density at radius 1 is 1.27 bits per heavy atom. The summed E-state index contributed by atoms with van der Waals surface area (Å²) in [5, 5.41) is 15.9. The van der Waals surface area contributed by atoms with E-state index in [1.165, 1.54) is 0 Å². The lowest BCUT2D eigenvalue weighted by atomic mass is 9.72. The predicted molar refractivity (Wildman–Crippen MR) is 108 cm³/mol. The van der Waals surface area contributed by atoms with Crippen molar-refractivity contribution in [3.05, 3.63) is 47.6 Å². The average molecular weight is 415 g/mol. The van der Waals surface area contributed by atoms with Crippen LogP contribution in [0.15, 0.2) is 34.9 Å². The van der Waals surface area contributed by atoms with Crippen molar-refractivity contribution in [2.75, 3.05) is 0 Å². The highest BCUT2D eigenvalue weighted by Gasteiger charge is 2.43. The van der Waals surface area contributed by atoms with Gasteiger partial charge in [-0.05, 0) is 43.1 Å². The summed E-state index contributed by atoms with van der Waals surface area (Å²) in [6.07, 6.45) is 2.74. The van der Waals surface area contributed by atoms with Crippen molar-refractivity contribution in [2.45, 2.75) is 64.5 Å². The average Bonchev–Trinajstić information content (AvgIpc) is 3.22. The summed E-state index contributed by atoms with van der Waals surface area (Å²) in [5.41, 5.74) is 0.130. The van der Waals surface area contributed by atoms with Gasteiger partial charge in [0.05, 0.1) is 6.42 Å². The van der Waals surface area contributed by atoms with Crippen molar-refractivity contribution in [3.63, 3.8) is 0 Å². The molecule has 162 valence electrons. The normalized spacial score (nSPS) is 21.4. The number of amides is 1. The molecule has 0 radical (unpaired) electrons. The Kier molecular flexibility index (Phi) is 7.07.